The van der Waals surface area contributed by atoms with E-state index in [0.717, 1.165) is 6.92 Å². The van der Waals surface area contributed by atoms with Crippen molar-refractivity contribution >= 4 is 5.91 Å². The molecule has 19 heteroatoms. The smallest absolute Gasteiger partial charge is 0.335 e. The molecule has 1 saturated heterocycles. The molecule has 0 N–H and O–H groups in total. The van der Waals surface area contributed by atoms with Gasteiger partial charge in [-0.1, -0.05) is 0 Å². The third-order valence-electron chi connectivity index (χ3n) is 5.05. The van der Waals surface area contributed by atoms with E-state index in [2.05, 4.69) is 0 Å². The van der Waals surface area contributed by atoms with Crippen molar-refractivity contribution in [3.05, 3.63) is 0 Å². The van der Waals surface area contributed by atoms with Gasteiger partial charge >= 0.3 is 47.6 Å². The third-order valence-corrected chi connectivity index (χ3v) is 5.05. The molecule has 34 heavy (non-hydrogen) atoms. The summed E-state index contributed by atoms with van der Waals surface area (Å²) in [5.41, 5.74) is 0. The zero-order chi connectivity index (χ0) is 27.6. The van der Waals surface area contributed by atoms with Crippen molar-refractivity contribution in [1.29, 1.82) is 0 Å². The fourth-order valence-corrected chi connectivity index (χ4v) is 2.88. The Bertz CT molecular complexity index is 771. The lowest BCUT2D eigenvalue weighted by molar-refractivity contribution is -0.459. The van der Waals surface area contributed by atoms with Crippen molar-refractivity contribution in [2.45, 2.75) is 79.9 Å². The van der Waals surface area contributed by atoms with Crippen molar-refractivity contribution in [3.63, 3.8) is 0 Å². The van der Waals surface area contributed by atoms with Gasteiger partial charge < -0.3 is 4.90 Å². The van der Waals surface area contributed by atoms with Crippen LogP contribution in [-0.2, 0) is 4.79 Å². The standard InChI is InChI=1S/C15H12F17NO/c1-6-4-2-3-5-33(6)7(34)8(16,17)9(18,19)10(20,21)11(22,23)12(24,25)13(26,27)14(28,29)15(30,31)32/h6H,2-5H2,1H3. The first kappa shape index (κ1) is 30.3. The van der Waals surface area contributed by atoms with Crippen LogP contribution in [-0.4, -0.2) is 71.0 Å². The average molecular weight is 545 g/mol. The Hall–Kier alpha value is -1.72. The maximum Gasteiger partial charge on any atom is 0.460 e. The Kier molecular flexibility index (Phi) is 7.28. The van der Waals surface area contributed by atoms with Gasteiger partial charge in [0.05, 0.1) is 0 Å². The van der Waals surface area contributed by atoms with Gasteiger partial charge in [-0.15, -0.1) is 0 Å². The van der Waals surface area contributed by atoms with E-state index in [9.17, 15) is 79.4 Å². The molecule has 0 spiro atoms. The van der Waals surface area contributed by atoms with E-state index < -0.39 is 66.1 Å². The Labute approximate surface area is 178 Å². The van der Waals surface area contributed by atoms with Crippen LogP contribution in [0.3, 0.4) is 0 Å². The highest BCUT2D eigenvalue weighted by atomic mass is 19.4. The lowest BCUT2D eigenvalue weighted by atomic mass is 9.88. The molecule has 0 radical (unpaired) electrons. The maximum atomic E-state index is 14.0. The van der Waals surface area contributed by atoms with Gasteiger partial charge in [0.2, 0.25) is 0 Å². The number of carbonyl (C=O) groups excluding carboxylic acids is 1. The molecular formula is C15H12F17NO. The van der Waals surface area contributed by atoms with Crippen molar-refractivity contribution in [3.8, 4) is 0 Å². The monoisotopic (exact) mass is 545 g/mol. The molecule has 0 bridgehead atoms. The summed E-state index contributed by atoms with van der Waals surface area (Å²) in [7, 11) is 0. The predicted molar refractivity (Wildman–Crippen MR) is 75.7 cm³/mol. The molecule has 1 atom stereocenters. The number of hydrogen-bond donors (Lipinski definition) is 0. The number of rotatable bonds is 7. The molecule has 1 aliphatic heterocycles. The van der Waals surface area contributed by atoms with Crippen LogP contribution in [0.1, 0.15) is 26.2 Å². The summed E-state index contributed by atoms with van der Waals surface area (Å²) in [6.07, 6.45) is -8.01. The number of nitrogens with zero attached hydrogens (tertiary/aromatic N) is 1. The average Bonchev–Trinajstić information content (AvgIpc) is 2.65. The maximum absolute atomic E-state index is 14.0. The molecule has 0 aliphatic carbocycles. The Morgan fingerprint density at radius 3 is 1.29 bits per heavy atom. The second-order valence-corrected chi connectivity index (χ2v) is 7.36. The first-order valence-electron chi connectivity index (χ1n) is 8.70. The van der Waals surface area contributed by atoms with Gasteiger partial charge in [-0.05, 0) is 26.2 Å². The topological polar surface area (TPSA) is 20.3 Å². The number of halogens is 17. The van der Waals surface area contributed by atoms with Gasteiger partial charge in [0.1, 0.15) is 0 Å². The lowest BCUT2D eigenvalue weighted by Crippen LogP contribution is -2.75. The second kappa shape index (κ2) is 8.16. The highest BCUT2D eigenvalue weighted by molar-refractivity contribution is 5.85. The van der Waals surface area contributed by atoms with Gasteiger partial charge in [-0.25, -0.2) is 0 Å². The number of carbonyl (C=O) groups is 1. The van der Waals surface area contributed by atoms with Crippen LogP contribution >= 0.6 is 0 Å². The number of alkyl halides is 17. The summed E-state index contributed by atoms with van der Waals surface area (Å²) in [4.78, 5) is 11.5. The molecule has 1 rings (SSSR count). The van der Waals surface area contributed by atoms with Crippen LogP contribution in [0, 0.1) is 0 Å². The summed E-state index contributed by atoms with van der Waals surface area (Å²) in [6.45, 7) is 0.0750. The SMILES string of the molecule is CC1CCCCN1C(=O)C(F)(F)C(F)(F)C(F)(F)C(F)(F)C(F)(F)C(F)(F)C(F)(F)C(F)(F)F. The predicted octanol–water partition coefficient (Wildman–Crippen LogP) is 6.40. The van der Waals surface area contributed by atoms with Gasteiger partial charge in [0, 0.05) is 12.6 Å². The summed E-state index contributed by atoms with van der Waals surface area (Å²) < 4.78 is 225. The molecule has 1 aliphatic rings. The fraction of sp³-hybridized carbons (Fsp3) is 0.933. The highest BCUT2D eigenvalue weighted by Crippen LogP contribution is 2.64. The second-order valence-electron chi connectivity index (χ2n) is 7.36. The van der Waals surface area contributed by atoms with E-state index >= 15 is 0 Å². The van der Waals surface area contributed by atoms with E-state index in [4.69, 9.17) is 0 Å². The molecule has 1 unspecified atom stereocenters. The molecular weight excluding hydrogens is 533 g/mol. The zero-order valence-corrected chi connectivity index (χ0v) is 16.2. The van der Waals surface area contributed by atoms with Gasteiger partial charge in [0.15, 0.2) is 0 Å². The highest BCUT2D eigenvalue weighted by Gasteiger charge is 2.95. The van der Waals surface area contributed by atoms with Crippen LogP contribution in [0.4, 0.5) is 74.6 Å². The Balaban J connectivity index is 3.61. The minimum atomic E-state index is -8.70. The van der Waals surface area contributed by atoms with Crippen LogP contribution in [0.5, 0.6) is 0 Å². The summed E-state index contributed by atoms with van der Waals surface area (Å²) >= 11 is 0. The van der Waals surface area contributed by atoms with E-state index in [1.165, 1.54) is 0 Å². The molecule has 1 fully saturated rings. The summed E-state index contributed by atoms with van der Waals surface area (Å²) in [6, 6.07) is -1.40. The molecule has 202 valence electrons. The van der Waals surface area contributed by atoms with Crippen LogP contribution < -0.4 is 0 Å². The molecule has 0 aromatic carbocycles. The number of likely N-dealkylation sites (tertiary alicyclic amines) is 1. The first-order valence-corrected chi connectivity index (χ1v) is 8.70. The summed E-state index contributed by atoms with van der Waals surface area (Å²) in [5, 5.41) is 0. The first-order chi connectivity index (χ1) is 14.7. The fourth-order valence-electron chi connectivity index (χ4n) is 2.88. The van der Waals surface area contributed by atoms with Crippen LogP contribution in [0.2, 0.25) is 0 Å². The quantitative estimate of drug-likeness (QED) is 0.340. The normalized spacial score (nSPS) is 20.5. The molecule has 1 amide bonds. The molecule has 0 aromatic rings. The van der Waals surface area contributed by atoms with Crippen molar-refractivity contribution in [2.24, 2.45) is 0 Å². The minimum Gasteiger partial charge on any atom is -0.335 e. The van der Waals surface area contributed by atoms with Crippen molar-refractivity contribution in [2.75, 3.05) is 6.54 Å². The summed E-state index contributed by atoms with van der Waals surface area (Å²) in [5.74, 6) is -61.0. The van der Waals surface area contributed by atoms with Crippen LogP contribution in [0.15, 0.2) is 0 Å². The van der Waals surface area contributed by atoms with Crippen LogP contribution in [0.25, 0.3) is 0 Å². The van der Waals surface area contributed by atoms with Gasteiger partial charge in [0.25, 0.3) is 5.91 Å². The van der Waals surface area contributed by atoms with E-state index in [1.807, 2.05) is 0 Å². The van der Waals surface area contributed by atoms with Crippen molar-refractivity contribution < 1.29 is 79.4 Å². The van der Waals surface area contributed by atoms with E-state index in [1.54, 1.807) is 0 Å². The molecule has 0 aromatic heterocycles. The van der Waals surface area contributed by atoms with Crippen molar-refractivity contribution in [1.82, 2.24) is 4.90 Å². The molecule has 0 saturated carbocycles. The Morgan fingerprint density at radius 1 is 0.588 bits per heavy atom. The Morgan fingerprint density at radius 2 is 0.941 bits per heavy atom. The molecule has 1 heterocycles. The minimum absolute atomic E-state index is 0.190. The van der Waals surface area contributed by atoms with Gasteiger partial charge in [-0.2, -0.15) is 74.6 Å². The number of piperidine rings is 1. The number of amides is 1. The largest absolute Gasteiger partial charge is 0.460 e. The van der Waals surface area contributed by atoms with Gasteiger partial charge in [-0.3, -0.25) is 4.79 Å². The third kappa shape index (κ3) is 3.83. The number of hydrogen-bond acceptors (Lipinski definition) is 1. The lowest BCUT2D eigenvalue weighted by Gasteiger charge is -2.43. The van der Waals surface area contributed by atoms with E-state index in [-0.39, 0.29) is 24.2 Å². The molecule has 2 nitrogen and oxygen atoms in total. The van der Waals surface area contributed by atoms with E-state index in [0.29, 0.717) is 0 Å². The zero-order valence-electron chi connectivity index (χ0n) is 16.2.